The molecule has 0 saturated carbocycles. The van der Waals surface area contributed by atoms with Crippen LogP contribution in [0.15, 0.2) is 0 Å². The molecule has 0 aliphatic rings. The van der Waals surface area contributed by atoms with E-state index in [0.29, 0.717) is 0 Å². The maximum atomic E-state index is 9.09. The maximum Gasteiger partial charge on any atom is 0.321 e. The van der Waals surface area contributed by atoms with Crippen molar-refractivity contribution in [2.24, 2.45) is 0 Å². The second kappa shape index (κ2) is 5.19. The lowest BCUT2D eigenvalue weighted by molar-refractivity contribution is 0.351. The summed E-state index contributed by atoms with van der Waals surface area (Å²) in [6, 6.07) is 4.05. The van der Waals surface area contributed by atoms with Gasteiger partial charge in [0.05, 0.1) is 20.3 Å². The molecule has 1 N–H and O–H groups in total. The molecular weight excluding hydrogens is 234 g/mol. The lowest BCUT2D eigenvalue weighted by atomic mass is 10.1. The Morgan fingerprint density at radius 2 is 1.83 bits per heavy atom. The fourth-order valence-corrected chi connectivity index (χ4v) is 1.17. The highest BCUT2D eigenvalue weighted by molar-refractivity contribution is 5.59. The Hall–Kier alpha value is -2.54. The number of nitrogens with zero attached hydrogens (tertiary/aromatic N) is 4. The number of ether oxygens (including phenoxy) is 2. The maximum absolute atomic E-state index is 9.09. The van der Waals surface area contributed by atoms with Gasteiger partial charge in [0.1, 0.15) is 11.6 Å². The van der Waals surface area contributed by atoms with Gasteiger partial charge in [-0.05, 0) is 13.8 Å². The van der Waals surface area contributed by atoms with Crippen LogP contribution in [0.25, 0.3) is 0 Å². The van der Waals surface area contributed by atoms with E-state index in [1.807, 2.05) is 6.07 Å². The molecule has 0 radical (unpaired) electrons. The van der Waals surface area contributed by atoms with Gasteiger partial charge in [0.2, 0.25) is 5.88 Å². The molecule has 0 aromatic carbocycles. The molecule has 0 spiro atoms. The second-order valence-electron chi connectivity index (χ2n) is 3.92. The van der Waals surface area contributed by atoms with Crippen molar-refractivity contribution in [3.05, 3.63) is 5.56 Å². The molecule has 0 amide bonds. The molecule has 0 aliphatic heterocycles. The molecule has 0 aliphatic carbocycles. The van der Waals surface area contributed by atoms with E-state index < -0.39 is 5.54 Å². The molecule has 0 bridgehead atoms. The first-order valence-corrected chi connectivity index (χ1v) is 5.07. The number of aromatic nitrogens is 2. The minimum atomic E-state index is -0.879. The third-order valence-corrected chi connectivity index (χ3v) is 2.05. The number of hydrogen-bond donors (Lipinski definition) is 1. The summed E-state index contributed by atoms with van der Waals surface area (Å²) in [5, 5.41) is 20.9. The molecule has 1 heterocycles. The number of methoxy groups -OCH3 is 2. The van der Waals surface area contributed by atoms with Gasteiger partial charge < -0.3 is 14.8 Å². The molecular formula is C11H13N5O2. The van der Waals surface area contributed by atoms with Crippen LogP contribution in [-0.2, 0) is 0 Å². The second-order valence-corrected chi connectivity index (χ2v) is 3.92. The van der Waals surface area contributed by atoms with Gasteiger partial charge in [-0.2, -0.15) is 20.5 Å². The normalized spacial score (nSPS) is 10.1. The van der Waals surface area contributed by atoms with Gasteiger partial charge >= 0.3 is 6.01 Å². The Bertz CT molecular complexity index is 527. The van der Waals surface area contributed by atoms with Crippen LogP contribution >= 0.6 is 0 Å². The van der Waals surface area contributed by atoms with E-state index in [2.05, 4.69) is 21.4 Å². The van der Waals surface area contributed by atoms with Crippen LogP contribution in [0.3, 0.4) is 0 Å². The van der Waals surface area contributed by atoms with E-state index in [9.17, 15) is 0 Å². The highest BCUT2D eigenvalue weighted by Gasteiger charge is 2.22. The van der Waals surface area contributed by atoms with E-state index in [4.69, 9.17) is 20.0 Å². The molecule has 1 aromatic heterocycles. The van der Waals surface area contributed by atoms with Crippen molar-refractivity contribution >= 4 is 5.82 Å². The Kier molecular flexibility index (Phi) is 3.90. The summed E-state index contributed by atoms with van der Waals surface area (Å²) in [7, 11) is 2.79. The Morgan fingerprint density at radius 1 is 1.17 bits per heavy atom. The van der Waals surface area contributed by atoms with Gasteiger partial charge in [-0.25, -0.2) is 0 Å². The summed E-state index contributed by atoms with van der Waals surface area (Å²) in [6.45, 7) is 3.32. The molecule has 0 fully saturated rings. The van der Waals surface area contributed by atoms with E-state index in [1.54, 1.807) is 13.8 Å². The fourth-order valence-electron chi connectivity index (χ4n) is 1.17. The number of nitrogens with one attached hydrogen (secondary N) is 1. The molecule has 0 atom stereocenters. The third-order valence-electron chi connectivity index (χ3n) is 2.05. The lowest BCUT2D eigenvalue weighted by Crippen LogP contribution is -2.29. The Morgan fingerprint density at radius 3 is 2.28 bits per heavy atom. The van der Waals surface area contributed by atoms with Crippen LogP contribution in [0.2, 0.25) is 0 Å². The minimum Gasteiger partial charge on any atom is -0.480 e. The van der Waals surface area contributed by atoms with Gasteiger partial charge in [0, 0.05) is 0 Å². The lowest BCUT2D eigenvalue weighted by Gasteiger charge is -2.19. The summed E-state index contributed by atoms with van der Waals surface area (Å²) in [6.07, 6.45) is 0. The number of nitriles is 2. The average molecular weight is 247 g/mol. The predicted octanol–water partition coefficient (Wildman–Crippen LogP) is 1.08. The van der Waals surface area contributed by atoms with Crippen molar-refractivity contribution in [2.45, 2.75) is 19.4 Å². The van der Waals surface area contributed by atoms with Crippen molar-refractivity contribution < 1.29 is 9.47 Å². The van der Waals surface area contributed by atoms with Crippen molar-refractivity contribution in [3.8, 4) is 24.0 Å². The number of anilines is 1. The van der Waals surface area contributed by atoms with E-state index >= 15 is 0 Å². The smallest absolute Gasteiger partial charge is 0.321 e. The molecule has 1 aromatic rings. The largest absolute Gasteiger partial charge is 0.480 e. The molecule has 94 valence electrons. The minimum absolute atomic E-state index is 0.0575. The molecule has 0 saturated heterocycles. The van der Waals surface area contributed by atoms with Gasteiger partial charge in [0.15, 0.2) is 11.4 Å². The standard InChI is InChI=1S/C11H13N5O2/c1-11(2,6-13)16-8-7(5-12)9(17-3)15-10(14-8)18-4/h1-4H3,(H,14,15,16). The first-order chi connectivity index (χ1) is 8.47. The fraction of sp³-hybridized carbons (Fsp3) is 0.455. The van der Waals surface area contributed by atoms with E-state index in [1.165, 1.54) is 14.2 Å². The van der Waals surface area contributed by atoms with Gasteiger partial charge in [0.25, 0.3) is 0 Å². The molecule has 7 heteroatoms. The first kappa shape index (κ1) is 13.5. The van der Waals surface area contributed by atoms with Crippen LogP contribution in [0, 0.1) is 22.7 Å². The van der Waals surface area contributed by atoms with Crippen LogP contribution in [0.4, 0.5) is 5.82 Å². The summed E-state index contributed by atoms with van der Waals surface area (Å²) >= 11 is 0. The van der Waals surface area contributed by atoms with Crippen LogP contribution in [0.5, 0.6) is 11.9 Å². The zero-order valence-corrected chi connectivity index (χ0v) is 10.6. The SMILES string of the molecule is COc1nc(NC(C)(C)C#N)c(C#N)c(OC)n1. The third kappa shape index (κ3) is 2.77. The predicted molar refractivity (Wildman–Crippen MR) is 63.2 cm³/mol. The van der Waals surface area contributed by atoms with Crippen molar-refractivity contribution in [1.82, 2.24) is 9.97 Å². The van der Waals surface area contributed by atoms with Crippen molar-refractivity contribution in [1.29, 1.82) is 10.5 Å². The molecule has 1 rings (SSSR count). The quantitative estimate of drug-likeness (QED) is 0.848. The van der Waals surface area contributed by atoms with Crippen LogP contribution in [0.1, 0.15) is 19.4 Å². The zero-order chi connectivity index (χ0) is 13.8. The van der Waals surface area contributed by atoms with Crippen LogP contribution in [-0.4, -0.2) is 29.7 Å². The molecule has 18 heavy (non-hydrogen) atoms. The van der Waals surface area contributed by atoms with E-state index in [-0.39, 0.29) is 23.3 Å². The number of rotatable bonds is 4. The highest BCUT2D eigenvalue weighted by atomic mass is 16.5. The molecule has 0 unspecified atom stereocenters. The zero-order valence-electron chi connectivity index (χ0n) is 10.6. The van der Waals surface area contributed by atoms with Gasteiger partial charge in [-0.1, -0.05) is 0 Å². The first-order valence-electron chi connectivity index (χ1n) is 5.07. The van der Waals surface area contributed by atoms with Crippen molar-refractivity contribution in [3.63, 3.8) is 0 Å². The average Bonchev–Trinajstić information content (AvgIpc) is 2.37. The van der Waals surface area contributed by atoms with Crippen LogP contribution < -0.4 is 14.8 Å². The summed E-state index contributed by atoms with van der Waals surface area (Å²) in [5.74, 6) is 0.299. The summed E-state index contributed by atoms with van der Waals surface area (Å²) in [5.41, 5.74) is -0.752. The Labute approximate surface area is 105 Å². The van der Waals surface area contributed by atoms with Crippen molar-refractivity contribution in [2.75, 3.05) is 19.5 Å². The highest BCUT2D eigenvalue weighted by Crippen LogP contribution is 2.26. The monoisotopic (exact) mass is 247 g/mol. The van der Waals surface area contributed by atoms with E-state index in [0.717, 1.165) is 0 Å². The Balaban J connectivity index is 3.34. The van der Waals surface area contributed by atoms with Gasteiger partial charge in [-0.3, -0.25) is 0 Å². The van der Waals surface area contributed by atoms with Gasteiger partial charge in [-0.15, -0.1) is 0 Å². The summed E-state index contributed by atoms with van der Waals surface area (Å²) < 4.78 is 9.90. The molecule has 7 nitrogen and oxygen atoms in total. The summed E-state index contributed by atoms with van der Waals surface area (Å²) in [4.78, 5) is 7.90. The number of hydrogen-bond acceptors (Lipinski definition) is 7. The topological polar surface area (TPSA) is 104 Å².